The SMILES string of the molecule is O=Cc1cn2ccc3ccc(Br)cc3c2n1. The van der Waals surface area contributed by atoms with Crippen LogP contribution in [0.3, 0.4) is 0 Å². The summed E-state index contributed by atoms with van der Waals surface area (Å²) in [6.07, 6.45) is 4.39. The van der Waals surface area contributed by atoms with Crippen LogP contribution in [0, 0.1) is 0 Å². The molecular formula is C12H7BrN2O. The van der Waals surface area contributed by atoms with Crippen LogP contribution in [0.4, 0.5) is 0 Å². The molecule has 0 aliphatic heterocycles. The Morgan fingerprint density at radius 3 is 3.00 bits per heavy atom. The maximum absolute atomic E-state index is 10.7. The van der Waals surface area contributed by atoms with E-state index in [-0.39, 0.29) is 0 Å². The van der Waals surface area contributed by atoms with Crippen molar-refractivity contribution in [1.82, 2.24) is 9.38 Å². The summed E-state index contributed by atoms with van der Waals surface area (Å²) in [4.78, 5) is 15.0. The smallest absolute Gasteiger partial charge is 0.170 e. The number of aromatic nitrogens is 2. The molecule has 2 aromatic heterocycles. The number of carbonyl (C=O) groups is 1. The molecule has 0 radical (unpaired) electrons. The van der Waals surface area contributed by atoms with Crippen molar-refractivity contribution in [1.29, 1.82) is 0 Å². The first-order chi connectivity index (χ1) is 7.78. The topological polar surface area (TPSA) is 34.4 Å². The van der Waals surface area contributed by atoms with Crippen molar-refractivity contribution in [3.05, 3.63) is 46.8 Å². The molecule has 0 aliphatic rings. The van der Waals surface area contributed by atoms with Gasteiger partial charge in [-0.25, -0.2) is 4.98 Å². The summed E-state index contributed by atoms with van der Waals surface area (Å²) >= 11 is 3.44. The molecule has 0 spiro atoms. The molecule has 2 heterocycles. The first-order valence-electron chi connectivity index (χ1n) is 4.80. The fourth-order valence-electron chi connectivity index (χ4n) is 1.81. The second-order valence-corrected chi connectivity index (χ2v) is 4.48. The lowest BCUT2D eigenvalue weighted by atomic mass is 10.2. The molecule has 0 saturated carbocycles. The Morgan fingerprint density at radius 1 is 1.31 bits per heavy atom. The number of fused-ring (bicyclic) bond motifs is 3. The van der Waals surface area contributed by atoms with Gasteiger partial charge in [0.05, 0.1) is 0 Å². The van der Waals surface area contributed by atoms with Gasteiger partial charge in [0.15, 0.2) is 6.29 Å². The summed E-state index contributed by atoms with van der Waals surface area (Å²) in [6.45, 7) is 0. The van der Waals surface area contributed by atoms with Crippen molar-refractivity contribution in [2.45, 2.75) is 0 Å². The van der Waals surface area contributed by atoms with Crippen LogP contribution >= 0.6 is 15.9 Å². The highest BCUT2D eigenvalue weighted by Gasteiger charge is 2.05. The minimum atomic E-state index is 0.451. The molecule has 3 nitrogen and oxygen atoms in total. The van der Waals surface area contributed by atoms with Crippen LogP contribution in [0.1, 0.15) is 10.5 Å². The van der Waals surface area contributed by atoms with Gasteiger partial charge in [-0.05, 0) is 23.6 Å². The zero-order valence-electron chi connectivity index (χ0n) is 8.22. The number of rotatable bonds is 1. The van der Waals surface area contributed by atoms with Crippen LogP contribution < -0.4 is 0 Å². The largest absolute Gasteiger partial charge is 0.306 e. The zero-order chi connectivity index (χ0) is 11.1. The zero-order valence-corrected chi connectivity index (χ0v) is 9.81. The van der Waals surface area contributed by atoms with Crippen LogP contribution in [0.15, 0.2) is 41.1 Å². The molecule has 0 fully saturated rings. The summed E-state index contributed by atoms with van der Waals surface area (Å²) in [5.41, 5.74) is 1.26. The Morgan fingerprint density at radius 2 is 2.19 bits per heavy atom. The van der Waals surface area contributed by atoms with E-state index in [0.29, 0.717) is 5.69 Å². The predicted molar refractivity (Wildman–Crippen MR) is 65.8 cm³/mol. The van der Waals surface area contributed by atoms with Crippen molar-refractivity contribution in [3.8, 4) is 0 Å². The van der Waals surface area contributed by atoms with Gasteiger partial charge in [-0.2, -0.15) is 0 Å². The third kappa shape index (κ3) is 1.34. The van der Waals surface area contributed by atoms with Gasteiger partial charge in [-0.1, -0.05) is 22.0 Å². The van der Waals surface area contributed by atoms with Gasteiger partial charge in [0.25, 0.3) is 0 Å². The Hall–Kier alpha value is -1.68. The summed E-state index contributed by atoms with van der Waals surface area (Å²) in [6, 6.07) is 8.02. The van der Waals surface area contributed by atoms with Crippen LogP contribution in [-0.2, 0) is 0 Å². The molecule has 1 aromatic carbocycles. The van der Waals surface area contributed by atoms with E-state index in [0.717, 1.165) is 27.2 Å². The van der Waals surface area contributed by atoms with Crippen molar-refractivity contribution < 1.29 is 4.79 Å². The van der Waals surface area contributed by atoms with Gasteiger partial charge in [-0.3, -0.25) is 4.79 Å². The molecule has 0 bridgehead atoms. The molecule has 78 valence electrons. The van der Waals surface area contributed by atoms with E-state index in [9.17, 15) is 4.79 Å². The monoisotopic (exact) mass is 274 g/mol. The number of hydrogen-bond donors (Lipinski definition) is 0. The Labute approximate surface area is 99.8 Å². The van der Waals surface area contributed by atoms with E-state index >= 15 is 0 Å². The summed E-state index contributed by atoms with van der Waals surface area (Å²) in [5, 5.41) is 2.14. The third-order valence-corrected chi connectivity index (χ3v) is 3.04. The summed E-state index contributed by atoms with van der Waals surface area (Å²) in [5.74, 6) is 0. The quantitative estimate of drug-likeness (QED) is 0.640. The molecule has 3 aromatic rings. The first kappa shape index (κ1) is 9.54. The number of halogens is 1. The van der Waals surface area contributed by atoms with Crippen molar-refractivity contribution in [2.24, 2.45) is 0 Å². The second kappa shape index (κ2) is 3.42. The van der Waals surface area contributed by atoms with Gasteiger partial charge in [0.2, 0.25) is 0 Å². The van der Waals surface area contributed by atoms with Gasteiger partial charge >= 0.3 is 0 Å². The lowest BCUT2D eigenvalue weighted by Gasteiger charge is -2.00. The third-order valence-electron chi connectivity index (χ3n) is 2.54. The van der Waals surface area contributed by atoms with Crippen molar-refractivity contribution in [3.63, 3.8) is 0 Å². The number of pyridine rings is 1. The van der Waals surface area contributed by atoms with Crippen LogP contribution in [0.5, 0.6) is 0 Å². The maximum Gasteiger partial charge on any atom is 0.170 e. The fraction of sp³-hybridized carbons (Fsp3) is 0. The van der Waals surface area contributed by atoms with Gasteiger partial charge in [-0.15, -0.1) is 0 Å². The van der Waals surface area contributed by atoms with E-state index in [2.05, 4.69) is 20.9 Å². The van der Waals surface area contributed by atoms with Crippen LogP contribution in [-0.4, -0.2) is 15.7 Å². The Balaban J connectivity index is 2.50. The number of hydrogen-bond acceptors (Lipinski definition) is 2. The lowest BCUT2D eigenvalue weighted by Crippen LogP contribution is -1.84. The van der Waals surface area contributed by atoms with Crippen molar-refractivity contribution >= 4 is 38.6 Å². The molecule has 4 heteroatoms. The maximum atomic E-state index is 10.7. The van der Waals surface area contributed by atoms with E-state index in [4.69, 9.17) is 0 Å². The number of benzene rings is 1. The highest BCUT2D eigenvalue weighted by Crippen LogP contribution is 2.23. The average molecular weight is 275 g/mol. The minimum absolute atomic E-state index is 0.451. The van der Waals surface area contributed by atoms with Crippen molar-refractivity contribution in [2.75, 3.05) is 0 Å². The van der Waals surface area contributed by atoms with E-state index in [1.807, 2.05) is 34.9 Å². The van der Waals surface area contributed by atoms with E-state index in [1.54, 1.807) is 6.20 Å². The number of imidazole rings is 1. The van der Waals surface area contributed by atoms with Gasteiger partial charge in [0, 0.05) is 22.3 Å². The average Bonchev–Trinajstić information content (AvgIpc) is 2.72. The molecule has 16 heavy (non-hydrogen) atoms. The Kier molecular flexibility index (Phi) is 2.04. The van der Waals surface area contributed by atoms with E-state index in [1.165, 1.54) is 0 Å². The summed E-state index contributed by atoms with van der Waals surface area (Å²) in [7, 11) is 0. The summed E-state index contributed by atoms with van der Waals surface area (Å²) < 4.78 is 2.86. The van der Waals surface area contributed by atoms with Crippen LogP contribution in [0.25, 0.3) is 16.4 Å². The predicted octanol–water partition coefficient (Wildman–Crippen LogP) is 3.06. The Bertz CT molecular complexity index is 703. The van der Waals surface area contributed by atoms with Gasteiger partial charge in [0.1, 0.15) is 11.3 Å². The fourth-order valence-corrected chi connectivity index (χ4v) is 2.17. The molecule has 0 amide bonds. The lowest BCUT2D eigenvalue weighted by molar-refractivity contribution is 0.111. The molecule has 0 atom stereocenters. The molecule has 0 saturated heterocycles. The highest BCUT2D eigenvalue weighted by atomic mass is 79.9. The normalized spacial score (nSPS) is 11.1. The highest BCUT2D eigenvalue weighted by molar-refractivity contribution is 9.10. The standard InChI is InChI=1S/C12H7BrN2O/c13-9-2-1-8-3-4-15-6-10(7-16)14-12(15)11(8)5-9/h1-7H. The number of nitrogens with zero attached hydrogens (tertiary/aromatic N) is 2. The second-order valence-electron chi connectivity index (χ2n) is 3.56. The molecule has 0 unspecified atom stereocenters. The molecule has 0 aliphatic carbocycles. The number of carbonyl (C=O) groups excluding carboxylic acids is 1. The van der Waals surface area contributed by atoms with E-state index < -0.39 is 0 Å². The van der Waals surface area contributed by atoms with Crippen LogP contribution in [0.2, 0.25) is 0 Å². The first-order valence-corrected chi connectivity index (χ1v) is 5.59. The molecular weight excluding hydrogens is 268 g/mol. The molecule has 0 N–H and O–H groups in total. The molecule has 3 rings (SSSR count). The number of aldehydes is 1. The minimum Gasteiger partial charge on any atom is -0.306 e. The van der Waals surface area contributed by atoms with Gasteiger partial charge < -0.3 is 4.40 Å².